The Bertz CT molecular complexity index is 5060. The second-order valence-corrected chi connectivity index (χ2v) is 20.7. The van der Waals surface area contributed by atoms with Crippen molar-refractivity contribution in [2.24, 2.45) is 0 Å². The van der Waals surface area contributed by atoms with E-state index in [2.05, 4.69) is 276 Å². The third kappa shape index (κ3) is 7.83. The van der Waals surface area contributed by atoms with E-state index in [4.69, 9.17) is 19.4 Å². The Morgan fingerprint density at radius 1 is 0.247 bits per heavy atom. The number of hydrogen-bond donors (Lipinski definition) is 0. The number of para-hydroxylation sites is 5. The molecule has 0 fully saturated rings. The number of hydrogen-bond acceptors (Lipinski definition) is 4. The normalized spacial score (nSPS) is 11.7. The van der Waals surface area contributed by atoms with Gasteiger partial charge >= 0.3 is 0 Å². The first-order valence-electron chi connectivity index (χ1n) is 27.4. The molecule has 0 amide bonds. The molecule has 0 aliphatic heterocycles. The summed E-state index contributed by atoms with van der Waals surface area (Å²) in [5, 5.41) is 6.88. The van der Waals surface area contributed by atoms with Crippen LogP contribution < -0.4 is 0 Å². The predicted octanol–water partition coefficient (Wildman–Crippen LogP) is 19.6. The maximum Gasteiger partial charge on any atom is 0.238 e. The molecule has 6 nitrogen and oxygen atoms in total. The van der Waals surface area contributed by atoms with Gasteiger partial charge in [0.15, 0.2) is 11.6 Å². The zero-order valence-corrected chi connectivity index (χ0v) is 43.8. The fourth-order valence-corrected chi connectivity index (χ4v) is 12.2. The van der Waals surface area contributed by atoms with Crippen LogP contribution in [0.5, 0.6) is 0 Å². The topological polar surface area (TPSA) is 61.7 Å². The van der Waals surface area contributed by atoms with E-state index in [1.807, 2.05) is 18.2 Å². The highest BCUT2D eigenvalue weighted by Gasteiger charge is 2.23. The highest BCUT2D eigenvalue weighted by molar-refractivity contribution is 6.14. The molecule has 81 heavy (non-hydrogen) atoms. The number of rotatable bonds is 9. The highest BCUT2D eigenvalue weighted by atomic mass is 16.3. The molecule has 12 aromatic carbocycles. The van der Waals surface area contributed by atoms with Gasteiger partial charge in [-0.2, -0.15) is 9.97 Å². The summed E-state index contributed by atoms with van der Waals surface area (Å²) < 4.78 is 11.0. The van der Waals surface area contributed by atoms with E-state index in [0.29, 0.717) is 17.6 Å². The van der Waals surface area contributed by atoms with E-state index in [9.17, 15) is 0 Å². The minimum absolute atomic E-state index is 0.526. The van der Waals surface area contributed by atoms with Crippen LogP contribution in [-0.2, 0) is 0 Å². The molecule has 0 atom stereocenters. The third-order valence-corrected chi connectivity index (χ3v) is 16.0. The van der Waals surface area contributed by atoms with Crippen LogP contribution in [0.2, 0.25) is 0 Å². The lowest BCUT2D eigenvalue weighted by atomic mass is 9.96. The Morgan fingerprint density at radius 2 is 0.704 bits per heavy atom. The maximum absolute atomic E-state index is 6.36. The lowest BCUT2D eigenvalue weighted by Crippen LogP contribution is -2.07. The van der Waals surface area contributed by atoms with Crippen LogP contribution in [0.25, 0.3) is 156 Å². The first-order chi connectivity index (χ1) is 40.1. The van der Waals surface area contributed by atoms with Crippen molar-refractivity contribution >= 4 is 65.6 Å². The molecule has 0 bridgehead atoms. The first-order valence-corrected chi connectivity index (χ1v) is 27.4. The molecule has 0 saturated carbocycles. The van der Waals surface area contributed by atoms with Crippen molar-refractivity contribution in [3.8, 4) is 90.0 Å². The van der Waals surface area contributed by atoms with Gasteiger partial charge in [0.1, 0.15) is 11.2 Å². The van der Waals surface area contributed by atoms with Crippen molar-refractivity contribution in [3.05, 3.63) is 285 Å². The van der Waals surface area contributed by atoms with Crippen molar-refractivity contribution in [2.45, 2.75) is 0 Å². The summed E-state index contributed by atoms with van der Waals surface area (Å²) >= 11 is 0. The predicted molar refractivity (Wildman–Crippen MR) is 334 cm³/mol. The lowest BCUT2D eigenvalue weighted by Gasteiger charge is -2.17. The maximum atomic E-state index is 6.36. The van der Waals surface area contributed by atoms with Crippen LogP contribution >= 0.6 is 0 Å². The van der Waals surface area contributed by atoms with Gasteiger partial charge in [0.25, 0.3) is 0 Å². The van der Waals surface area contributed by atoms with Crippen LogP contribution in [0, 0.1) is 0 Å². The second-order valence-electron chi connectivity index (χ2n) is 20.7. The van der Waals surface area contributed by atoms with Gasteiger partial charge in [0, 0.05) is 54.6 Å². The van der Waals surface area contributed by atoms with Gasteiger partial charge in [0.2, 0.25) is 5.95 Å². The van der Waals surface area contributed by atoms with Crippen LogP contribution in [0.4, 0.5) is 0 Å². The van der Waals surface area contributed by atoms with E-state index >= 15 is 0 Å². The monoisotopic (exact) mass is 1030 g/mol. The van der Waals surface area contributed by atoms with Gasteiger partial charge in [-0.1, -0.05) is 224 Å². The number of nitrogens with zero attached hydrogens (tertiary/aromatic N) is 5. The third-order valence-electron chi connectivity index (χ3n) is 16.0. The quantitative estimate of drug-likeness (QED) is 0.145. The van der Waals surface area contributed by atoms with Gasteiger partial charge < -0.3 is 8.98 Å². The molecule has 0 aliphatic carbocycles. The smallest absolute Gasteiger partial charge is 0.238 e. The molecule has 0 aliphatic rings. The van der Waals surface area contributed by atoms with E-state index in [1.165, 1.54) is 10.8 Å². The van der Waals surface area contributed by atoms with Crippen LogP contribution in [0.15, 0.2) is 290 Å². The molecule has 4 heterocycles. The molecule has 0 radical (unpaired) electrons. The number of fused-ring (bicyclic) bond motifs is 9. The summed E-state index contributed by atoms with van der Waals surface area (Å²) in [5.74, 6) is 1.67. The summed E-state index contributed by atoms with van der Waals surface area (Å²) in [6, 6.07) is 101. The molecular formula is C75H47N5O. The molecular weight excluding hydrogens is 987 g/mol. The Kier molecular flexibility index (Phi) is 10.8. The number of furan rings is 1. The van der Waals surface area contributed by atoms with Crippen molar-refractivity contribution in [1.82, 2.24) is 24.1 Å². The highest BCUT2D eigenvalue weighted by Crippen LogP contribution is 2.42. The number of benzene rings is 12. The molecule has 378 valence electrons. The molecule has 0 N–H and O–H groups in total. The largest absolute Gasteiger partial charge is 0.456 e. The van der Waals surface area contributed by atoms with Crippen molar-refractivity contribution in [2.75, 3.05) is 0 Å². The second kappa shape index (κ2) is 18.9. The standard InChI is InChI=1S/C75H47N5O/c1-3-18-48(19-4-1)52-22-16-25-57(45-52)74-76-73(51-38-36-50(37-39-51)65-46-54(49-20-5-2-6-21-49)41-43-69(65)79-66-32-11-7-26-59(66)60-27-8-12-33-67(60)79)77-75(78-74)80-68-34-13-9-28-61(68)64-31-17-30-58(72(64)80)56-24-15-23-53(44-56)55-40-42-63-62-29-10-14-35-70(62)81-71(63)47-55/h1-47H. The average Bonchev–Trinajstić information content (AvgIpc) is 4.38. The summed E-state index contributed by atoms with van der Waals surface area (Å²) in [6.45, 7) is 0. The van der Waals surface area contributed by atoms with E-state index in [-0.39, 0.29) is 0 Å². The molecule has 0 saturated heterocycles. The minimum atomic E-state index is 0.526. The molecule has 16 rings (SSSR count). The van der Waals surface area contributed by atoms with E-state index in [1.54, 1.807) is 0 Å². The van der Waals surface area contributed by atoms with Crippen LogP contribution in [-0.4, -0.2) is 24.1 Å². The zero-order valence-electron chi connectivity index (χ0n) is 43.8. The first kappa shape index (κ1) is 46.2. The summed E-state index contributed by atoms with van der Waals surface area (Å²) in [7, 11) is 0. The number of aromatic nitrogens is 5. The van der Waals surface area contributed by atoms with Crippen molar-refractivity contribution < 1.29 is 4.42 Å². The average molecular weight is 1030 g/mol. The van der Waals surface area contributed by atoms with Gasteiger partial charge in [-0.3, -0.25) is 4.57 Å². The zero-order chi connectivity index (χ0) is 53.4. The lowest BCUT2D eigenvalue weighted by molar-refractivity contribution is 0.669. The van der Waals surface area contributed by atoms with E-state index < -0.39 is 0 Å². The molecule has 0 spiro atoms. The SMILES string of the molecule is c1ccc(-c2cccc(-c3nc(-c4ccc(-c5cc(-c6ccccc6)ccc5-n5c6ccccc6c6ccccc65)cc4)nc(-n4c5ccccc5c5cccc(-c6cccc(-c7ccc8c(c7)oc7ccccc78)c6)c54)n3)c2)cc1. The summed E-state index contributed by atoms with van der Waals surface area (Å²) in [6.07, 6.45) is 0. The van der Waals surface area contributed by atoms with Crippen LogP contribution in [0.1, 0.15) is 0 Å². The van der Waals surface area contributed by atoms with Gasteiger partial charge in [-0.15, -0.1) is 0 Å². The minimum Gasteiger partial charge on any atom is -0.456 e. The Morgan fingerprint density at radius 3 is 1.41 bits per heavy atom. The van der Waals surface area contributed by atoms with Crippen molar-refractivity contribution in [3.63, 3.8) is 0 Å². The summed E-state index contributed by atoms with van der Waals surface area (Å²) in [5.41, 5.74) is 19.9. The van der Waals surface area contributed by atoms with Gasteiger partial charge in [-0.05, 0) is 105 Å². The fourth-order valence-electron chi connectivity index (χ4n) is 12.2. The van der Waals surface area contributed by atoms with E-state index in [0.717, 1.165) is 127 Å². The van der Waals surface area contributed by atoms with Crippen molar-refractivity contribution in [1.29, 1.82) is 0 Å². The summed E-state index contributed by atoms with van der Waals surface area (Å²) in [4.78, 5) is 16.4. The van der Waals surface area contributed by atoms with Crippen LogP contribution in [0.3, 0.4) is 0 Å². The molecule has 0 unspecified atom stereocenters. The molecule has 6 heteroatoms. The Balaban J connectivity index is 0.877. The Labute approximate surface area is 466 Å². The fraction of sp³-hybridized carbons (Fsp3) is 0. The van der Waals surface area contributed by atoms with Gasteiger partial charge in [0.05, 0.1) is 27.8 Å². The Hall–Kier alpha value is -11.0. The molecule has 4 aromatic heterocycles. The van der Waals surface area contributed by atoms with Gasteiger partial charge in [-0.25, -0.2) is 4.98 Å². The molecule has 16 aromatic rings.